The highest BCUT2D eigenvalue weighted by atomic mass is 32.2. The average molecular weight is 186 g/mol. The van der Waals surface area contributed by atoms with Crippen LogP contribution in [0.3, 0.4) is 0 Å². The maximum absolute atomic E-state index is 2.28. The maximum Gasteiger partial charge on any atom is -0.0142 e. The first-order valence-electron chi connectivity index (χ1n) is 5.09. The Bertz CT molecular complexity index is 97.2. The lowest BCUT2D eigenvalue weighted by atomic mass is 10.1. The lowest BCUT2D eigenvalue weighted by Gasteiger charge is -1.97. The van der Waals surface area contributed by atoms with E-state index in [0.29, 0.717) is 0 Å². The first-order valence-corrected chi connectivity index (χ1v) is 6.38. The number of allylic oxidation sites excluding steroid dienone is 1. The SMILES string of the molecule is CCCCCCCCC=CSC. The predicted molar refractivity (Wildman–Crippen MR) is 60.6 cm³/mol. The van der Waals surface area contributed by atoms with E-state index in [-0.39, 0.29) is 0 Å². The van der Waals surface area contributed by atoms with E-state index < -0.39 is 0 Å². The van der Waals surface area contributed by atoms with Gasteiger partial charge in [-0.3, -0.25) is 0 Å². The molecule has 0 aliphatic rings. The largest absolute Gasteiger partial charge is 0.138 e. The summed E-state index contributed by atoms with van der Waals surface area (Å²) in [5.74, 6) is 0. The molecule has 0 aromatic heterocycles. The van der Waals surface area contributed by atoms with Crippen molar-refractivity contribution >= 4 is 11.8 Å². The minimum absolute atomic E-state index is 1.27. The minimum atomic E-state index is 1.27. The molecule has 0 atom stereocenters. The molecular formula is C11H22S. The quantitative estimate of drug-likeness (QED) is 0.499. The van der Waals surface area contributed by atoms with Gasteiger partial charge in [0, 0.05) is 0 Å². The van der Waals surface area contributed by atoms with Gasteiger partial charge < -0.3 is 0 Å². The van der Waals surface area contributed by atoms with Crippen molar-refractivity contribution in [1.82, 2.24) is 0 Å². The summed E-state index contributed by atoms with van der Waals surface area (Å²) >= 11 is 1.79. The average Bonchev–Trinajstić information content (AvgIpc) is 2.10. The third-order valence-electron chi connectivity index (χ3n) is 1.96. The summed E-state index contributed by atoms with van der Waals surface area (Å²) in [5.41, 5.74) is 0. The molecule has 0 unspecified atom stereocenters. The van der Waals surface area contributed by atoms with E-state index in [0.717, 1.165) is 0 Å². The molecule has 0 aliphatic heterocycles. The van der Waals surface area contributed by atoms with Gasteiger partial charge in [-0.15, -0.1) is 11.8 Å². The molecule has 0 heterocycles. The molecule has 0 radical (unpaired) electrons. The van der Waals surface area contributed by atoms with Crippen LogP contribution >= 0.6 is 11.8 Å². The van der Waals surface area contributed by atoms with Crippen molar-refractivity contribution in [2.24, 2.45) is 0 Å². The normalized spacial score (nSPS) is 11.2. The monoisotopic (exact) mass is 186 g/mol. The summed E-state index contributed by atoms with van der Waals surface area (Å²) < 4.78 is 0. The molecule has 0 aromatic carbocycles. The Labute approximate surface area is 81.8 Å². The highest BCUT2D eigenvalue weighted by Gasteiger charge is 1.87. The Hall–Kier alpha value is 0.0900. The van der Waals surface area contributed by atoms with Gasteiger partial charge in [0.05, 0.1) is 0 Å². The van der Waals surface area contributed by atoms with Crippen LogP contribution in [0.2, 0.25) is 0 Å². The summed E-state index contributed by atoms with van der Waals surface area (Å²) in [5, 5.41) is 2.19. The van der Waals surface area contributed by atoms with Gasteiger partial charge in [-0.25, -0.2) is 0 Å². The van der Waals surface area contributed by atoms with E-state index in [1.807, 2.05) is 0 Å². The van der Waals surface area contributed by atoms with Crippen molar-refractivity contribution in [3.8, 4) is 0 Å². The molecule has 0 aliphatic carbocycles. The smallest absolute Gasteiger partial charge is 0.0142 e. The second-order valence-corrected chi connectivity index (χ2v) is 3.91. The van der Waals surface area contributed by atoms with Gasteiger partial charge in [0.2, 0.25) is 0 Å². The van der Waals surface area contributed by atoms with Gasteiger partial charge in [0.25, 0.3) is 0 Å². The molecule has 0 aromatic rings. The summed E-state index contributed by atoms with van der Waals surface area (Å²) in [6, 6.07) is 0. The second-order valence-electron chi connectivity index (χ2n) is 3.16. The fourth-order valence-electron chi connectivity index (χ4n) is 1.21. The third-order valence-corrected chi connectivity index (χ3v) is 2.42. The lowest BCUT2D eigenvalue weighted by molar-refractivity contribution is 0.611. The number of hydrogen-bond donors (Lipinski definition) is 0. The molecule has 0 saturated heterocycles. The molecular weight excluding hydrogens is 164 g/mol. The zero-order valence-electron chi connectivity index (χ0n) is 8.51. The van der Waals surface area contributed by atoms with E-state index in [2.05, 4.69) is 24.7 Å². The maximum atomic E-state index is 2.28. The summed E-state index contributed by atoms with van der Waals surface area (Å²) in [6.45, 7) is 2.27. The van der Waals surface area contributed by atoms with E-state index in [9.17, 15) is 0 Å². The van der Waals surface area contributed by atoms with Crippen LogP contribution in [0.15, 0.2) is 11.5 Å². The molecule has 0 N–H and O–H groups in total. The van der Waals surface area contributed by atoms with Gasteiger partial charge in [-0.2, -0.15) is 0 Å². The highest BCUT2D eigenvalue weighted by molar-refractivity contribution is 8.01. The van der Waals surface area contributed by atoms with Gasteiger partial charge in [-0.1, -0.05) is 45.1 Å². The second kappa shape index (κ2) is 11.1. The highest BCUT2D eigenvalue weighted by Crippen LogP contribution is 2.07. The molecule has 12 heavy (non-hydrogen) atoms. The number of hydrogen-bond acceptors (Lipinski definition) is 1. The summed E-state index contributed by atoms with van der Waals surface area (Å²) in [7, 11) is 0. The molecule has 0 nitrogen and oxygen atoms in total. The number of rotatable bonds is 8. The Morgan fingerprint density at radius 1 is 1.00 bits per heavy atom. The molecule has 72 valence electrons. The predicted octanol–water partition coefficient (Wildman–Crippen LogP) is 4.61. The first-order chi connectivity index (χ1) is 5.91. The molecule has 0 fully saturated rings. The van der Waals surface area contributed by atoms with Crippen LogP contribution in [0.4, 0.5) is 0 Å². The van der Waals surface area contributed by atoms with Crippen molar-refractivity contribution in [3.05, 3.63) is 11.5 Å². The van der Waals surface area contributed by atoms with Crippen LogP contribution in [0, 0.1) is 0 Å². The van der Waals surface area contributed by atoms with Gasteiger partial charge in [0.15, 0.2) is 0 Å². The molecule has 1 heteroatoms. The van der Waals surface area contributed by atoms with Crippen molar-refractivity contribution in [3.63, 3.8) is 0 Å². The van der Waals surface area contributed by atoms with Crippen LogP contribution in [-0.4, -0.2) is 6.26 Å². The fourth-order valence-corrected chi connectivity index (χ4v) is 1.54. The molecule has 0 amide bonds. The van der Waals surface area contributed by atoms with Crippen molar-refractivity contribution in [2.75, 3.05) is 6.26 Å². The lowest BCUT2D eigenvalue weighted by Crippen LogP contribution is -1.77. The van der Waals surface area contributed by atoms with Crippen LogP contribution in [0.25, 0.3) is 0 Å². The van der Waals surface area contributed by atoms with Crippen LogP contribution in [0.1, 0.15) is 51.9 Å². The van der Waals surface area contributed by atoms with E-state index in [1.54, 1.807) is 11.8 Å². The van der Waals surface area contributed by atoms with E-state index in [1.165, 1.54) is 44.9 Å². The topological polar surface area (TPSA) is 0 Å². The van der Waals surface area contributed by atoms with Crippen molar-refractivity contribution in [1.29, 1.82) is 0 Å². The zero-order chi connectivity index (χ0) is 9.07. The van der Waals surface area contributed by atoms with Crippen molar-refractivity contribution in [2.45, 2.75) is 51.9 Å². The molecule has 0 spiro atoms. The third kappa shape index (κ3) is 10.1. The van der Waals surface area contributed by atoms with Crippen LogP contribution in [0.5, 0.6) is 0 Å². The van der Waals surface area contributed by atoms with Crippen LogP contribution < -0.4 is 0 Å². The Morgan fingerprint density at radius 2 is 1.67 bits per heavy atom. The standard InChI is InChI=1S/C11H22S/c1-3-4-5-6-7-8-9-10-11-12-2/h10-11H,3-9H2,1-2H3. The fraction of sp³-hybridized carbons (Fsp3) is 0.818. The molecule has 0 rings (SSSR count). The van der Waals surface area contributed by atoms with Crippen LogP contribution in [-0.2, 0) is 0 Å². The van der Waals surface area contributed by atoms with E-state index in [4.69, 9.17) is 0 Å². The minimum Gasteiger partial charge on any atom is -0.138 e. The molecule has 0 bridgehead atoms. The molecule has 0 saturated carbocycles. The first kappa shape index (κ1) is 12.1. The van der Waals surface area contributed by atoms with E-state index >= 15 is 0 Å². The van der Waals surface area contributed by atoms with Gasteiger partial charge in [0.1, 0.15) is 0 Å². The van der Waals surface area contributed by atoms with Gasteiger partial charge in [-0.05, 0) is 24.5 Å². The summed E-state index contributed by atoms with van der Waals surface area (Å²) in [4.78, 5) is 0. The number of unbranched alkanes of at least 4 members (excludes halogenated alkanes) is 6. The van der Waals surface area contributed by atoms with Gasteiger partial charge >= 0.3 is 0 Å². The Kier molecular flexibility index (Phi) is 11.2. The van der Waals surface area contributed by atoms with Crippen molar-refractivity contribution < 1.29 is 0 Å². The zero-order valence-corrected chi connectivity index (χ0v) is 9.33. The summed E-state index contributed by atoms with van der Waals surface area (Å²) in [6.07, 6.45) is 14.1. The number of thioether (sulfide) groups is 1. The Morgan fingerprint density at radius 3 is 2.33 bits per heavy atom. The Balaban J connectivity index is 2.86.